The Morgan fingerprint density at radius 2 is 2.31 bits per heavy atom. The lowest BCUT2D eigenvalue weighted by Gasteiger charge is -2.25. The normalized spacial score (nSPS) is 11.2. The zero-order chi connectivity index (χ0) is 12.2. The molecule has 0 bridgehead atoms. The van der Waals surface area contributed by atoms with E-state index in [9.17, 15) is 4.79 Å². The minimum absolute atomic E-state index is 0.0715. The van der Waals surface area contributed by atoms with Crippen LogP contribution in [0.4, 0.5) is 0 Å². The average molecular weight is 306 g/mol. The summed E-state index contributed by atoms with van der Waals surface area (Å²) in [6.45, 7) is 4.01. The smallest absolute Gasteiger partial charge is 0.265 e. The summed E-state index contributed by atoms with van der Waals surface area (Å²) in [5, 5.41) is 5.71. The molecule has 0 fully saturated rings. The van der Waals surface area contributed by atoms with Crippen molar-refractivity contribution in [2.75, 3.05) is 12.4 Å². The van der Waals surface area contributed by atoms with Crippen LogP contribution in [0, 0.1) is 0 Å². The summed E-state index contributed by atoms with van der Waals surface area (Å²) in [6.07, 6.45) is 0.881. The van der Waals surface area contributed by atoms with Gasteiger partial charge >= 0.3 is 0 Å². The lowest BCUT2D eigenvalue weighted by atomic mass is 10.0. The Labute approximate surface area is 108 Å². The highest BCUT2D eigenvalue weighted by atomic mass is 79.9. The fourth-order valence-corrected chi connectivity index (χ4v) is 3.03. The number of nitrogens with one attached hydrogen (secondary N) is 1. The van der Waals surface area contributed by atoms with Gasteiger partial charge in [-0.05, 0) is 31.7 Å². The van der Waals surface area contributed by atoms with Crippen LogP contribution in [0.15, 0.2) is 11.4 Å². The number of hydrogen-bond acceptors (Lipinski definition) is 3. The van der Waals surface area contributed by atoms with E-state index in [4.69, 9.17) is 4.74 Å². The van der Waals surface area contributed by atoms with Crippen LogP contribution in [0.2, 0.25) is 0 Å². The molecule has 3 nitrogen and oxygen atoms in total. The maximum Gasteiger partial charge on any atom is 0.265 e. The van der Waals surface area contributed by atoms with Gasteiger partial charge in [0.2, 0.25) is 0 Å². The minimum atomic E-state index is -0.213. The summed E-state index contributed by atoms with van der Waals surface area (Å²) in [6, 6.07) is 1.80. The summed E-state index contributed by atoms with van der Waals surface area (Å²) in [7, 11) is 1.57. The molecule has 0 radical (unpaired) electrons. The van der Waals surface area contributed by atoms with Crippen molar-refractivity contribution in [2.24, 2.45) is 0 Å². The number of halogens is 1. The van der Waals surface area contributed by atoms with Crippen LogP contribution in [-0.4, -0.2) is 23.9 Å². The van der Waals surface area contributed by atoms with Gasteiger partial charge in [-0.15, -0.1) is 11.3 Å². The molecule has 0 aliphatic heterocycles. The molecule has 1 aromatic heterocycles. The topological polar surface area (TPSA) is 38.3 Å². The second-order valence-electron chi connectivity index (χ2n) is 4.10. The third-order valence-electron chi connectivity index (χ3n) is 2.23. The van der Waals surface area contributed by atoms with Crippen molar-refractivity contribution in [2.45, 2.75) is 25.8 Å². The second kappa shape index (κ2) is 5.68. The molecule has 0 atom stereocenters. The van der Waals surface area contributed by atoms with E-state index < -0.39 is 0 Å². The highest BCUT2D eigenvalue weighted by molar-refractivity contribution is 9.09. The van der Waals surface area contributed by atoms with E-state index in [1.807, 2.05) is 19.2 Å². The molecule has 1 aromatic rings. The molecule has 1 N–H and O–H groups in total. The maximum absolute atomic E-state index is 12.0. The average Bonchev–Trinajstić information content (AvgIpc) is 2.64. The molecule has 0 spiro atoms. The molecule has 1 amide bonds. The van der Waals surface area contributed by atoms with Gasteiger partial charge < -0.3 is 10.1 Å². The first-order chi connectivity index (χ1) is 7.50. The molecule has 0 saturated heterocycles. The Morgan fingerprint density at radius 3 is 2.88 bits per heavy atom. The minimum Gasteiger partial charge on any atom is -0.495 e. The number of amides is 1. The Kier molecular flexibility index (Phi) is 4.80. The van der Waals surface area contributed by atoms with E-state index in [1.165, 1.54) is 11.3 Å². The van der Waals surface area contributed by atoms with Crippen LogP contribution in [0.25, 0.3) is 0 Å². The third-order valence-corrected chi connectivity index (χ3v) is 3.52. The summed E-state index contributed by atoms with van der Waals surface area (Å²) in [5.74, 6) is 0.565. The Balaban J connectivity index is 2.72. The highest BCUT2D eigenvalue weighted by Crippen LogP contribution is 2.25. The first kappa shape index (κ1) is 13.5. The number of rotatable bonds is 5. The number of ether oxygens (including phenoxy) is 1. The van der Waals surface area contributed by atoms with E-state index in [2.05, 4.69) is 21.2 Å². The molecule has 1 rings (SSSR count). The zero-order valence-electron chi connectivity index (χ0n) is 9.67. The van der Waals surface area contributed by atoms with Gasteiger partial charge in [0, 0.05) is 10.9 Å². The van der Waals surface area contributed by atoms with Crippen molar-refractivity contribution in [1.29, 1.82) is 0 Å². The fourth-order valence-electron chi connectivity index (χ4n) is 1.29. The first-order valence-electron chi connectivity index (χ1n) is 5.00. The molecule has 0 saturated carbocycles. The molecule has 0 aromatic carbocycles. The number of carbonyl (C=O) groups excluding carboxylic acids is 1. The van der Waals surface area contributed by atoms with Crippen LogP contribution in [0.3, 0.4) is 0 Å². The molecular weight excluding hydrogens is 290 g/mol. The van der Waals surface area contributed by atoms with Gasteiger partial charge in [0.1, 0.15) is 10.6 Å². The predicted molar refractivity (Wildman–Crippen MR) is 70.8 cm³/mol. The van der Waals surface area contributed by atoms with E-state index in [-0.39, 0.29) is 11.4 Å². The molecule has 90 valence electrons. The van der Waals surface area contributed by atoms with Crippen LogP contribution >= 0.6 is 27.3 Å². The largest absolute Gasteiger partial charge is 0.495 e. The first-order valence-corrected chi connectivity index (χ1v) is 7.00. The predicted octanol–water partition coefficient (Wildman–Crippen LogP) is 3.05. The van der Waals surface area contributed by atoms with Gasteiger partial charge in [-0.25, -0.2) is 0 Å². The van der Waals surface area contributed by atoms with Crippen LogP contribution in [-0.2, 0) is 0 Å². The van der Waals surface area contributed by atoms with E-state index in [1.54, 1.807) is 13.2 Å². The summed E-state index contributed by atoms with van der Waals surface area (Å²) in [5.41, 5.74) is -0.213. The van der Waals surface area contributed by atoms with Crippen molar-refractivity contribution < 1.29 is 9.53 Å². The molecular formula is C11H16BrNO2S. The van der Waals surface area contributed by atoms with Crippen molar-refractivity contribution in [3.8, 4) is 5.75 Å². The SMILES string of the molecule is COc1ccsc1C(=O)NC(C)(C)CCBr. The molecule has 16 heavy (non-hydrogen) atoms. The second-order valence-corrected chi connectivity index (χ2v) is 5.80. The summed E-state index contributed by atoms with van der Waals surface area (Å²) < 4.78 is 5.12. The van der Waals surface area contributed by atoms with Gasteiger partial charge in [-0.3, -0.25) is 4.79 Å². The van der Waals surface area contributed by atoms with E-state index >= 15 is 0 Å². The fraction of sp³-hybridized carbons (Fsp3) is 0.545. The zero-order valence-corrected chi connectivity index (χ0v) is 12.1. The third kappa shape index (κ3) is 3.49. The van der Waals surface area contributed by atoms with Gasteiger partial charge in [0.05, 0.1) is 7.11 Å². The molecule has 0 aliphatic carbocycles. The molecule has 0 unspecified atom stereocenters. The number of hydrogen-bond donors (Lipinski definition) is 1. The monoisotopic (exact) mass is 305 g/mol. The van der Waals surface area contributed by atoms with Crippen molar-refractivity contribution >= 4 is 33.2 Å². The maximum atomic E-state index is 12.0. The molecule has 5 heteroatoms. The standard InChI is InChI=1S/C11H16BrNO2S/c1-11(2,5-6-12)13-10(14)9-8(15-3)4-7-16-9/h4,7H,5-6H2,1-3H3,(H,13,14). The lowest BCUT2D eigenvalue weighted by Crippen LogP contribution is -2.43. The van der Waals surface area contributed by atoms with Gasteiger partial charge in [-0.1, -0.05) is 15.9 Å². The van der Waals surface area contributed by atoms with E-state index in [0.717, 1.165) is 11.8 Å². The summed E-state index contributed by atoms with van der Waals surface area (Å²) in [4.78, 5) is 12.6. The van der Waals surface area contributed by atoms with Crippen molar-refractivity contribution in [3.63, 3.8) is 0 Å². The number of thiophene rings is 1. The Morgan fingerprint density at radius 1 is 1.62 bits per heavy atom. The van der Waals surface area contributed by atoms with Gasteiger partial charge in [0.15, 0.2) is 0 Å². The lowest BCUT2D eigenvalue weighted by molar-refractivity contribution is 0.0913. The number of carbonyl (C=O) groups is 1. The van der Waals surface area contributed by atoms with Crippen LogP contribution in [0.1, 0.15) is 29.9 Å². The van der Waals surface area contributed by atoms with Crippen molar-refractivity contribution in [3.05, 3.63) is 16.3 Å². The molecule has 0 aliphatic rings. The van der Waals surface area contributed by atoms with Gasteiger partial charge in [-0.2, -0.15) is 0 Å². The van der Waals surface area contributed by atoms with Crippen molar-refractivity contribution in [1.82, 2.24) is 5.32 Å². The summed E-state index contributed by atoms with van der Waals surface area (Å²) >= 11 is 4.77. The van der Waals surface area contributed by atoms with Crippen LogP contribution in [0.5, 0.6) is 5.75 Å². The Bertz CT molecular complexity index is 363. The van der Waals surface area contributed by atoms with E-state index in [0.29, 0.717) is 10.6 Å². The molecule has 1 heterocycles. The Hall–Kier alpha value is -0.550. The van der Waals surface area contributed by atoms with Gasteiger partial charge in [0.25, 0.3) is 5.91 Å². The van der Waals surface area contributed by atoms with Crippen LogP contribution < -0.4 is 10.1 Å². The number of alkyl halides is 1. The quantitative estimate of drug-likeness (QED) is 0.849. The highest BCUT2D eigenvalue weighted by Gasteiger charge is 2.22. The number of methoxy groups -OCH3 is 1.